The van der Waals surface area contributed by atoms with Crippen molar-refractivity contribution in [1.29, 1.82) is 0 Å². The molecule has 0 bridgehead atoms. The predicted octanol–water partition coefficient (Wildman–Crippen LogP) is 8.27. The number of halogens is 2. The van der Waals surface area contributed by atoms with Gasteiger partial charge in [0.05, 0.1) is 18.5 Å². The smallest absolute Gasteiger partial charge is 0.412 e. The minimum atomic E-state index is -4.52. The van der Waals surface area contributed by atoms with Gasteiger partial charge in [0, 0.05) is 34.5 Å². The van der Waals surface area contributed by atoms with E-state index < -0.39 is 44.2 Å². The molecule has 16 heteroatoms. The molecule has 0 radical (unpaired) electrons. The largest absolute Gasteiger partial charge is 0.487 e. The molecule has 0 fully saturated rings. The van der Waals surface area contributed by atoms with E-state index in [4.69, 9.17) is 14.2 Å². The molecule has 56 heavy (non-hydrogen) atoms. The Kier molecular flexibility index (Phi) is 11.1. The van der Waals surface area contributed by atoms with Gasteiger partial charge in [0.1, 0.15) is 52.0 Å². The van der Waals surface area contributed by atoms with Crippen LogP contribution >= 0.6 is 0 Å². The molecule has 0 atom stereocenters. The lowest BCUT2D eigenvalue weighted by Crippen LogP contribution is -2.27. The first-order valence-electron chi connectivity index (χ1n) is 17.0. The second-order valence-corrected chi connectivity index (χ2v) is 15.1. The Labute approximate surface area is 321 Å². The van der Waals surface area contributed by atoms with Crippen LogP contribution in [0.3, 0.4) is 0 Å². The first-order valence-corrected chi connectivity index (χ1v) is 18.5. The van der Waals surface area contributed by atoms with E-state index >= 15 is 0 Å². The average molecular weight is 783 g/mol. The number of nitrogens with zero attached hydrogens (tertiary/aromatic N) is 3. The number of pyridine rings is 1. The third-order valence-electron chi connectivity index (χ3n) is 8.13. The van der Waals surface area contributed by atoms with Crippen LogP contribution in [0.25, 0.3) is 22.0 Å². The highest BCUT2D eigenvalue weighted by Gasteiger charge is 2.23. The van der Waals surface area contributed by atoms with Gasteiger partial charge >= 0.3 is 6.09 Å². The van der Waals surface area contributed by atoms with Gasteiger partial charge in [-0.1, -0.05) is 24.3 Å². The van der Waals surface area contributed by atoms with Crippen molar-refractivity contribution in [2.24, 2.45) is 0 Å². The van der Waals surface area contributed by atoms with E-state index in [9.17, 15) is 26.8 Å². The van der Waals surface area contributed by atoms with Gasteiger partial charge in [0.25, 0.3) is 15.9 Å². The van der Waals surface area contributed by atoms with Gasteiger partial charge in [-0.3, -0.25) is 14.8 Å². The van der Waals surface area contributed by atoms with E-state index in [-0.39, 0.29) is 18.2 Å². The molecule has 0 aliphatic heterocycles. The zero-order valence-electron chi connectivity index (χ0n) is 30.8. The van der Waals surface area contributed by atoms with Crippen molar-refractivity contribution in [3.8, 4) is 22.8 Å². The van der Waals surface area contributed by atoms with Crippen LogP contribution in [-0.4, -0.2) is 48.1 Å². The lowest BCUT2D eigenvalue weighted by atomic mass is 10.0. The van der Waals surface area contributed by atoms with Crippen molar-refractivity contribution in [2.45, 2.75) is 44.8 Å². The maximum atomic E-state index is 14.5. The first-order chi connectivity index (χ1) is 26.6. The van der Waals surface area contributed by atoms with Gasteiger partial charge in [-0.05, 0) is 93.4 Å². The zero-order chi connectivity index (χ0) is 40.2. The molecule has 6 rings (SSSR count). The number of para-hydroxylation sites is 2. The van der Waals surface area contributed by atoms with Crippen LogP contribution in [0.5, 0.6) is 11.6 Å². The highest BCUT2D eigenvalue weighted by Crippen LogP contribution is 2.36. The summed E-state index contributed by atoms with van der Waals surface area (Å²) >= 11 is 0. The van der Waals surface area contributed by atoms with Crippen LogP contribution in [0, 0.1) is 18.6 Å². The molecule has 13 nitrogen and oxygen atoms in total. The van der Waals surface area contributed by atoms with Crippen LogP contribution < -0.4 is 24.8 Å². The summed E-state index contributed by atoms with van der Waals surface area (Å²) in [6, 6.07) is 20.6. The molecule has 3 N–H and O–H groups in total. The minimum absolute atomic E-state index is 0.0846. The van der Waals surface area contributed by atoms with Gasteiger partial charge in [-0.15, -0.1) is 0 Å². The van der Waals surface area contributed by atoms with E-state index in [2.05, 4.69) is 30.3 Å². The van der Waals surface area contributed by atoms with Gasteiger partial charge < -0.3 is 19.5 Å². The number of anilines is 3. The molecule has 0 saturated heterocycles. The highest BCUT2D eigenvalue weighted by molar-refractivity contribution is 7.92. The number of carbonyl (C=O) groups excluding carboxylic acids is 2. The number of aryl methyl sites for hydroxylation is 1. The van der Waals surface area contributed by atoms with E-state index in [0.29, 0.717) is 56.5 Å². The molecule has 0 unspecified atom stereocenters. The van der Waals surface area contributed by atoms with Crippen LogP contribution in [0.4, 0.5) is 30.6 Å². The van der Waals surface area contributed by atoms with E-state index in [1.54, 1.807) is 88.4 Å². The molecule has 2 aromatic heterocycles. The lowest BCUT2D eigenvalue weighted by molar-refractivity contribution is 0.0635. The summed E-state index contributed by atoms with van der Waals surface area (Å²) in [5, 5.41) is 6.13. The number of benzene rings is 4. The standard InChI is InChI=1S/C40H36F2N6O7S/c1-23-29-16-26(27-17-33(38(53-5)43-20-27)48-56(51,52)35-15-14-28(41)19-30(35)42)18-34(36(29)45-22-44-23)54-21-24-10-12-25(13-11-24)37(49)46-31-8-6-7-9-32(31)47-39(50)55-40(2,3)4/h6-20,22,48H,21H2,1-5H3,(H,46,49)(H,47,50). The van der Waals surface area contributed by atoms with Crippen molar-refractivity contribution < 1.29 is 41.0 Å². The van der Waals surface area contributed by atoms with E-state index in [0.717, 1.165) is 17.7 Å². The summed E-state index contributed by atoms with van der Waals surface area (Å²) < 4.78 is 73.4. The van der Waals surface area contributed by atoms with Crippen LogP contribution in [0.1, 0.15) is 42.4 Å². The third kappa shape index (κ3) is 9.15. The first kappa shape index (κ1) is 39.0. The summed E-state index contributed by atoms with van der Waals surface area (Å²) in [5.74, 6) is -2.30. The second kappa shape index (κ2) is 16.0. The number of nitrogens with one attached hydrogen (secondary N) is 3. The second-order valence-electron chi connectivity index (χ2n) is 13.4. The summed E-state index contributed by atoms with van der Waals surface area (Å²) in [7, 11) is -3.22. The predicted molar refractivity (Wildman–Crippen MR) is 206 cm³/mol. The molecule has 0 aliphatic rings. The fourth-order valence-electron chi connectivity index (χ4n) is 5.50. The number of ether oxygens (including phenoxy) is 3. The molecule has 2 heterocycles. The Morgan fingerprint density at radius 3 is 2.21 bits per heavy atom. The quantitative estimate of drug-likeness (QED) is 0.116. The van der Waals surface area contributed by atoms with E-state index in [1.807, 2.05) is 0 Å². The Balaban J connectivity index is 1.22. The number of rotatable bonds is 11. The number of aromatic nitrogens is 3. The van der Waals surface area contributed by atoms with Gasteiger partial charge in [-0.25, -0.2) is 36.9 Å². The van der Waals surface area contributed by atoms with Crippen molar-refractivity contribution in [1.82, 2.24) is 15.0 Å². The number of hydrogen-bond acceptors (Lipinski definition) is 10. The molecule has 0 spiro atoms. The number of fused-ring (bicyclic) bond motifs is 1. The summed E-state index contributed by atoms with van der Waals surface area (Å²) in [6.07, 6.45) is 2.22. The number of amides is 2. The summed E-state index contributed by atoms with van der Waals surface area (Å²) in [5.41, 5.74) is 3.22. The fourth-order valence-corrected chi connectivity index (χ4v) is 6.61. The highest BCUT2D eigenvalue weighted by atomic mass is 32.2. The maximum absolute atomic E-state index is 14.5. The monoisotopic (exact) mass is 782 g/mol. The van der Waals surface area contributed by atoms with Crippen molar-refractivity contribution >= 4 is 50.0 Å². The normalized spacial score (nSPS) is 11.5. The lowest BCUT2D eigenvalue weighted by Gasteiger charge is -2.20. The fraction of sp³-hybridized carbons (Fsp3) is 0.175. The summed E-state index contributed by atoms with van der Waals surface area (Å²) in [4.78, 5) is 37.8. The molecule has 0 aliphatic carbocycles. The van der Waals surface area contributed by atoms with E-state index in [1.165, 1.54) is 25.7 Å². The third-order valence-corrected chi connectivity index (χ3v) is 9.53. The maximum Gasteiger partial charge on any atom is 0.412 e. The van der Waals surface area contributed by atoms with Crippen LogP contribution in [0.2, 0.25) is 0 Å². The average Bonchev–Trinajstić information content (AvgIpc) is 3.14. The van der Waals surface area contributed by atoms with Crippen molar-refractivity contribution in [2.75, 3.05) is 22.5 Å². The molecular weight excluding hydrogens is 747 g/mol. The van der Waals surface area contributed by atoms with Crippen LogP contribution in [0.15, 0.2) is 102 Å². The van der Waals surface area contributed by atoms with Crippen molar-refractivity contribution in [3.63, 3.8) is 0 Å². The molecular formula is C40H36F2N6O7S. The van der Waals surface area contributed by atoms with Gasteiger partial charge in [-0.2, -0.15) is 0 Å². The van der Waals surface area contributed by atoms with Gasteiger partial charge in [0.15, 0.2) is 0 Å². The Bertz CT molecular complexity index is 2560. The Morgan fingerprint density at radius 1 is 0.821 bits per heavy atom. The van der Waals surface area contributed by atoms with Gasteiger partial charge in [0.2, 0.25) is 5.88 Å². The number of carbonyl (C=O) groups is 2. The molecule has 0 saturated carbocycles. The number of methoxy groups -OCH3 is 1. The summed E-state index contributed by atoms with van der Waals surface area (Å²) in [6.45, 7) is 7.14. The zero-order valence-corrected chi connectivity index (χ0v) is 31.6. The molecule has 6 aromatic rings. The Morgan fingerprint density at radius 2 is 1.54 bits per heavy atom. The number of sulfonamides is 1. The molecule has 288 valence electrons. The molecule has 2 amide bonds. The van der Waals surface area contributed by atoms with Crippen LogP contribution in [-0.2, 0) is 21.4 Å². The SMILES string of the molecule is COc1ncc(-c2cc(OCc3ccc(C(=O)Nc4ccccc4NC(=O)OC(C)(C)C)cc3)c3ncnc(C)c3c2)cc1NS(=O)(=O)c1ccc(F)cc1F. The van der Waals surface area contributed by atoms with Crippen molar-refractivity contribution in [3.05, 3.63) is 126 Å². The number of hydrogen-bond donors (Lipinski definition) is 3. The Hall–Kier alpha value is -6.68. The topological polar surface area (TPSA) is 171 Å². The molecule has 4 aromatic carbocycles. The minimum Gasteiger partial charge on any atom is -0.487 e.